The summed E-state index contributed by atoms with van der Waals surface area (Å²) >= 11 is 5.91. The normalized spacial score (nSPS) is 9.88. The molecule has 3 N–H and O–H groups in total. The number of nitro groups is 1. The minimum atomic E-state index is -0.639. The van der Waals surface area contributed by atoms with Crippen molar-refractivity contribution >= 4 is 28.9 Å². The second-order valence-electron chi connectivity index (χ2n) is 3.45. The average Bonchev–Trinajstić information content (AvgIpc) is 2.26. The van der Waals surface area contributed by atoms with Crippen LogP contribution in [0.15, 0.2) is 12.1 Å². The fraction of sp³-hybridized carbons (Fsp3) is 0.222. The van der Waals surface area contributed by atoms with Crippen molar-refractivity contribution in [1.82, 2.24) is 5.43 Å². The number of halogens is 1. The Morgan fingerprint density at radius 1 is 1.53 bits per heavy atom. The molecule has 0 aliphatic carbocycles. The maximum Gasteiger partial charge on any atom is 0.294 e. The maximum atomic E-state index is 11.3. The summed E-state index contributed by atoms with van der Waals surface area (Å²) < 4.78 is 0. The van der Waals surface area contributed by atoms with E-state index in [-0.39, 0.29) is 22.0 Å². The van der Waals surface area contributed by atoms with Gasteiger partial charge in [-0.15, -0.1) is 0 Å². The zero-order valence-corrected chi connectivity index (χ0v) is 9.99. The number of carbonyl (C=O) groups excluding carboxylic acids is 1. The molecular formula is C9H11ClN4O3. The highest BCUT2D eigenvalue weighted by atomic mass is 35.5. The number of benzene rings is 1. The van der Waals surface area contributed by atoms with Gasteiger partial charge >= 0.3 is 0 Å². The molecular weight excluding hydrogens is 248 g/mol. The van der Waals surface area contributed by atoms with Gasteiger partial charge in [-0.05, 0) is 6.07 Å². The van der Waals surface area contributed by atoms with Crippen molar-refractivity contribution in [3.63, 3.8) is 0 Å². The summed E-state index contributed by atoms with van der Waals surface area (Å²) in [5.41, 5.74) is 1.92. The van der Waals surface area contributed by atoms with Crippen LogP contribution in [-0.2, 0) is 0 Å². The molecule has 1 amide bonds. The lowest BCUT2D eigenvalue weighted by molar-refractivity contribution is -0.384. The molecule has 0 heterocycles. The van der Waals surface area contributed by atoms with Gasteiger partial charge in [0.1, 0.15) is 5.69 Å². The smallest absolute Gasteiger partial charge is 0.294 e. The highest BCUT2D eigenvalue weighted by Gasteiger charge is 2.22. The van der Waals surface area contributed by atoms with Crippen molar-refractivity contribution in [3.8, 4) is 0 Å². The molecule has 0 spiro atoms. The second kappa shape index (κ2) is 4.98. The van der Waals surface area contributed by atoms with E-state index < -0.39 is 10.8 Å². The largest absolute Gasteiger partial charge is 0.371 e. The highest BCUT2D eigenvalue weighted by molar-refractivity contribution is 6.34. The number of nitrogens with two attached hydrogens (primary N) is 1. The molecule has 7 nitrogen and oxygen atoms in total. The summed E-state index contributed by atoms with van der Waals surface area (Å²) in [5.74, 6) is 4.32. The third-order valence-electron chi connectivity index (χ3n) is 2.08. The Labute approximate surface area is 102 Å². The number of nitrogens with zero attached hydrogens (tertiary/aromatic N) is 2. The molecule has 0 radical (unpaired) electrons. The molecule has 17 heavy (non-hydrogen) atoms. The minimum Gasteiger partial charge on any atom is -0.371 e. The number of amides is 1. The summed E-state index contributed by atoms with van der Waals surface area (Å²) in [4.78, 5) is 23.1. The Bertz CT molecular complexity index is 476. The van der Waals surface area contributed by atoms with E-state index in [1.807, 2.05) is 5.43 Å². The van der Waals surface area contributed by atoms with Crippen molar-refractivity contribution in [1.29, 1.82) is 0 Å². The molecule has 0 atom stereocenters. The van der Waals surface area contributed by atoms with Crippen molar-refractivity contribution < 1.29 is 9.72 Å². The van der Waals surface area contributed by atoms with E-state index in [1.54, 1.807) is 14.1 Å². The summed E-state index contributed by atoms with van der Waals surface area (Å²) in [6, 6.07) is 2.45. The van der Waals surface area contributed by atoms with Gasteiger partial charge in [0, 0.05) is 25.7 Å². The number of nitrogen functional groups attached to an aromatic ring is 1. The van der Waals surface area contributed by atoms with Gasteiger partial charge < -0.3 is 4.90 Å². The molecule has 8 heteroatoms. The molecule has 0 saturated heterocycles. The monoisotopic (exact) mass is 258 g/mol. The van der Waals surface area contributed by atoms with Crippen LogP contribution in [0, 0.1) is 10.1 Å². The Balaban J connectivity index is 3.46. The SMILES string of the molecule is CN(C)c1c(Cl)cc(C(=O)NN)cc1[N+](=O)[O-]. The predicted octanol–water partition coefficient (Wildman–Crippen LogP) is 0.918. The quantitative estimate of drug-likeness (QED) is 0.363. The van der Waals surface area contributed by atoms with Crippen molar-refractivity contribution in [2.24, 2.45) is 5.84 Å². The molecule has 1 aromatic carbocycles. The van der Waals surface area contributed by atoms with Crippen LogP contribution < -0.4 is 16.2 Å². The Morgan fingerprint density at radius 3 is 2.53 bits per heavy atom. The Kier molecular flexibility index (Phi) is 3.87. The lowest BCUT2D eigenvalue weighted by atomic mass is 10.1. The third kappa shape index (κ3) is 2.63. The first-order valence-corrected chi connectivity index (χ1v) is 4.92. The standard InChI is InChI=1S/C9H11ClN4O3/c1-13(2)8-6(10)3-5(9(15)12-11)4-7(8)14(16)17/h3-4H,11H2,1-2H3,(H,12,15). The zero-order chi connectivity index (χ0) is 13.2. The number of carbonyl (C=O) groups is 1. The van der Waals surface area contributed by atoms with E-state index in [9.17, 15) is 14.9 Å². The molecule has 92 valence electrons. The molecule has 1 rings (SSSR count). The summed E-state index contributed by atoms with van der Waals surface area (Å²) in [7, 11) is 3.24. The molecule has 1 aromatic rings. The number of hydrazine groups is 1. The summed E-state index contributed by atoms with van der Waals surface area (Å²) in [6.45, 7) is 0. The van der Waals surface area contributed by atoms with Crippen LogP contribution >= 0.6 is 11.6 Å². The zero-order valence-electron chi connectivity index (χ0n) is 9.23. The summed E-state index contributed by atoms with van der Waals surface area (Å²) in [5, 5.41) is 11.0. The van der Waals surface area contributed by atoms with Gasteiger partial charge in [-0.1, -0.05) is 11.6 Å². The van der Waals surface area contributed by atoms with Crippen LogP contribution in [-0.4, -0.2) is 24.9 Å². The first-order chi connectivity index (χ1) is 7.88. The third-order valence-corrected chi connectivity index (χ3v) is 2.37. The fourth-order valence-electron chi connectivity index (χ4n) is 1.38. The number of nitrogens with one attached hydrogen (secondary N) is 1. The van der Waals surface area contributed by atoms with Gasteiger partial charge in [0.2, 0.25) is 0 Å². The molecule has 0 saturated carbocycles. The highest BCUT2D eigenvalue weighted by Crippen LogP contribution is 2.35. The van der Waals surface area contributed by atoms with E-state index in [0.717, 1.165) is 6.07 Å². The van der Waals surface area contributed by atoms with Gasteiger partial charge in [0.15, 0.2) is 0 Å². The number of hydrogen-bond acceptors (Lipinski definition) is 5. The van der Waals surface area contributed by atoms with Crippen molar-refractivity contribution in [2.75, 3.05) is 19.0 Å². The van der Waals surface area contributed by atoms with Crippen LogP contribution in [0.4, 0.5) is 11.4 Å². The molecule has 0 unspecified atom stereocenters. The lowest BCUT2D eigenvalue weighted by Gasteiger charge is -2.15. The number of nitro benzene ring substituents is 1. The second-order valence-corrected chi connectivity index (χ2v) is 3.86. The molecule has 0 bridgehead atoms. The average molecular weight is 259 g/mol. The van der Waals surface area contributed by atoms with E-state index in [4.69, 9.17) is 17.4 Å². The van der Waals surface area contributed by atoms with Crippen LogP contribution in [0.3, 0.4) is 0 Å². The summed E-state index contributed by atoms with van der Waals surface area (Å²) in [6.07, 6.45) is 0. The van der Waals surface area contributed by atoms with E-state index in [0.29, 0.717) is 0 Å². The number of rotatable bonds is 3. The van der Waals surface area contributed by atoms with Gasteiger partial charge in [0.05, 0.1) is 9.95 Å². The Morgan fingerprint density at radius 2 is 2.12 bits per heavy atom. The predicted molar refractivity (Wildman–Crippen MR) is 64.1 cm³/mol. The lowest BCUT2D eigenvalue weighted by Crippen LogP contribution is -2.30. The van der Waals surface area contributed by atoms with E-state index in [1.165, 1.54) is 11.0 Å². The number of anilines is 1. The minimum absolute atomic E-state index is 0.0369. The van der Waals surface area contributed by atoms with Gasteiger partial charge in [-0.3, -0.25) is 20.3 Å². The van der Waals surface area contributed by atoms with Crippen molar-refractivity contribution in [2.45, 2.75) is 0 Å². The van der Waals surface area contributed by atoms with E-state index in [2.05, 4.69) is 0 Å². The number of hydrogen-bond donors (Lipinski definition) is 2. The van der Waals surface area contributed by atoms with Crippen LogP contribution in [0.2, 0.25) is 5.02 Å². The van der Waals surface area contributed by atoms with Crippen molar-refractivity contribution in [3.05, 3.63) is 32.8 Å². The molecule has 0 aliphatic rings. The first kappa shape index (κ1) is 13.2. The van der Waals surface area contributed by atoms with Crippen LogP contribution in [0.25, 0.3) is 0 Å². The van der Waals surface area contributed by atoms with Gasteiger partial charge in [-0.2, -0.15) is 0 Å². The Hall–Kier alpha value is -1.86. The van der Waals surface area contributed by atoms with E-state index >= 15 is 0 Å². The maximum absolute atomic E-state index is 11.3. The molecule has 0 fully saturated rings. The van der Waals surface area contributed by atoms with Gasteiger partial charge in [0.25, 0.3) is 11.6 Å². The fourth-order valence-corrected chi connectivity index (χ4v) is 1.76. The molecule has 0 aliphatic heterocycles. The first-order valence-electron chi connectivity index (χ1n) is 4.54. The van der Waals surface area contributed by atoms with Crippen LogP contribution in [0.5, 0.6) is 0 Å². The van der Waals surface area contributed by atoms with Crippen LogP contribution in [0.1, 0.15) is 10.4 Å². The van der Waals surface area contributed by atoms with Gasteiger partial charge in [-0.25, -0.2) is 5.84 Å². The molecule has 0 aromatic heterocycles. The topological polar surface area (TPSA) is 102 Å².